The number of nitrogens with one attached hydrogen (secondary N) is 1. The number of carbonyl (C=O) groups is 1. The van der Waals surface area contributed by atoms with Gasteiger partial charge in [-0.1, -0.05) is 35.3 Å². The molecule has 0 saturated heterocycles. The summed E-state index contributed by atoms with van der Waals surface area (Å²) in [6, 6.07) is 6.44. The molecule has 30 heavy (non-hydrogen) atoms. The van der Waals surface area contributed by atoms with Gasteiger partial charge in [-0.2, -0.15) is 13.2 Å². The first-order valence-electron chi connectivity index (χ1n) is 9.17. The molecule has 0 spiro atoms. The molecular formula is C20H18Cl2F4N2O2. The molecule has 0 bridgehead atoms. The minimum atomic E-state index is -4.74. The fourth-order valence-electron chi connectivity index (χ4n) is 3.57. The number of pyridine rings is 1. The molecule has 1 fully saturated rings. The number of hydrogen-bond donors (Lipinski definition) is 2. The van der Waals surface area contributed by atoms with Crippen LogP contribution in [0.15, 0.2) is 36.4 Å². The van der Waals surface area contributed by atoms with E-state index in [9.17, 15) is 27.5 Å². The molecule has 1 amide bonds. The van der Waals surface area contributed by atoms with Gasteiger partial charge in [-0.05, 0) is 49.9 Å². The number of aliphatic hydroxyl groups is 1. The normalized spacial score (nSPS) is 23.1. The van der Waals surface area contributed by atoms with Crippen LogP contribution in [0.1, 0.15) is 53.3 Å². The lowest BCUT2D eigenvalue weighted by molar-refractivity contribution is -0.137. The van der Waals surface area contributed by atoms with Gasteiger partial charge in [-0.25, -0.2) is 9.37 Å². The van der Waals surface area contributed by atoms with E-state index in [2.05, 4.69) is 10.3 Å². The second kappa shape index (κ2) is 8.69. The number of halogens is 6. The van der Waals surface area contributed by atoms with Crippen molar-refractivity contribution in [1.82, 2.24) is 10.3 Å². The zero-order valence-electron chi connectivity index (χ0n) is 15.5. The monoisotopic (exact) mass is 464 g/mol. The molecule has 0 aliphatic heterocycles. The van der Waals surface area contributed by atoms with Crippen LogP contribution >= 0.6 is 23.2 Å². The van der Waals surface area contributed by atoms with E-state index in [1.54, 1.807) is 6.07 Å². The molecule has 1 saturated carbocycles. The molecule has 162 valence electrons. The summed E-state index contributed by atoms with van der Waals surface area (Å²) in [5.41, 5.74) is -2.89. The maximum Gasteiger partial charge on any atom is 0.417 e. The van der Waals surface area contributed by atoms with Gasteiger partial charge in [-0.15, -0.1) is 0 Å². The van der Waals surface area contributed by atoms with Crippen LogP contribution < -0.4 is 5.32 Å². The number of alkyl halides is 4. The Hall–Kier alpha value is -1.90. The van der Waals surface area contributed by atoms with Crippen molar-refractivity contribution < 1.29 is 27.5 Å². The van der Waals surface area contributed by atoms with Crippen LogP contribution in [0.3, 0.4) is 0 Å². The summed E-state index contributed by atoms with van der Waals surface area (Å²) in [6.45, 7) is 0. The Bertz CT molecular complexity index is 931. The number of rotatable bonds is 4. The molecule has 1 aliphatic carbocycles. The van der Waals surface area contributed by atoms with E-state index in [-0.39, 0.29) is 36.5 Å². The van der Waals surface area contributed by atoms with Gasteiger partial charge in [0, 0.05) is 0 Å². The van der Waals surface area contributed by atoms with Crippen LogP contribution in [0.4, 0.5) is 17.6 Å². The first-order chi connectivity index (χ1) is 14.0. The maximum absolute atomic E-state index is 13.6. The van der Waals surface area contributed by atoms with Crippen molar-refractivity contribution in [2.45, 2.75) is 49.7 Å². The van der Waals surface area contributed by atoms with Crippen molar-refractivity contribution in [2.75, 3.05) is 0 Å². The predicted octanol–water partition coefficient (Wildman–Crippen LogP) is 5.52. The summed E-state index contributed by atoms with van der Waals surface area (Å²) < 4.78 is 53.0. The van der Waals surface area contributed by atoms with Gasteiger partial charge < -0.3 is 10.4 Å². The van der Waals surface area contributed by atoms with Crippen molar-refractivity contribution in [2.24, 2.45) is 0 Å². The van der Waals surface area contributed by atoms with E-state index in [1.807, 2.05) is 0 Å². The Balaban J connectivity index is 1.97. The van der Waals surface area contributed by atoms with Crippen LogP contribution in [0.2, 0.25) is 10.2 Å². The SMILES string of the molecule is O=C(NC(c1cccc(Cl)n1)[C@]1(O)CC[C@@H](F)CC1)c1cccc(C(F)(F)F)c1Cl. The number of amides is 1. The number of carbonyl (C=O) groups excluding carboxylic acids is 1. The predicted molar refractivity (Wildman–Crippen MR) is 104 cm³/mol. The highest BCUT2D eigenvalue weighted by Gasteiger charge is 2.43. The Kier molecular flexibility index (Phi) is 6.60. The van der Waals surface area contributed by atoms with Gasteiger partial charge >= 0.3 is 6.18 Å². The van der Waals surface area contributed by atoms with Crippen LogP contribution in [-0.2, 0) is 6.18 Å². The van der Waals surface area contributed by atoms with E-state index in [4.69, 9.17) is 23.2 Å². The number of nitrogens with zero attached hydrogens (tertiary/aromatic N) is 1. The second-order valence-electron chi connectivity index (χ2n) is 7.23. The fourth-order valence-corrected chi connectivity index (χ4v) is 4.06. The largest absolute Gasteiger partial charge is 0.417 e. The highest BCUT2D eigenvalue weighted by atomic mass is 35.5. The zero-order valence-corrected chi connectivity index (χ0v) is 17.0. The maximum atomic E-state index is 13.6. The van der Waals surface area contributed by atoms with Crippen molar-refractivity contribution in [3.05, 3.63) is 63.4 Å². The molecule has 1 atom stereocenters. The van der Waals surface area contributed by atoms with Crippen molar-refractivity contribution in [3.63, 3.8) is 0 Å². The molecule has 2 aromatic rings. The summed E-state index contributed by atoms with van der Waals surface area (Å²) in [5, 5.41) is 13.1. The summed E-state index contributed by atoms with van der Waals surface area (Å²) >= 11 is 11.8. The van der Waals surface area contributed by atoms with Crippen molar-refractivity contribution in [1.29, 1.82) is 0 Å². The Morgan fingerprint density at radius 1 is 1.17 bits per heavy atom. The van der Waals surface area contributed by atoms with Crippen LogP contribution in [-0.4, -0.2) is 27.8 Å². The van der Waals surface area contributed by atoms with Gasteiger partial charge in [0.05, 0.1) is 27.4 Å². The van der Waals surface area contributed by atoms with Crippen LogP contribution in [0.5, 0.6) is 0 Å². The van der Waals surface area contributed by atoms with Gasteiger partial charge in [0.25, 0.3) is 5.91 Å². The van der Waals surface area contributed by atoms with E-state index in [0.29, 0.717) is 0 Å². The number of hydrogen-bond acceptors (Lipinski definition) is 3. The van der Waals surface area contributed by atoms with Crippen molar-refractivity contribution >= 4 is 29.1 Å². The quantitative estimate of drug-likeness (QED) is 0.462. The summed E-state index contributed by atoms with van der Waals surface area (Å²) in [6.07, 6.45) is -5.60. The van der Waals surface area contributed by atoms with E-state index in [0.717, 1.165) is 18.2 Å². The lowest BCUT2D eigenvalue weighted by Gasteiger charge is -2.40. The lowest BCUT2D eigenvalue weighted by Crippen LogP contribution is -2.49. The third kappa shape index (κ3) is 4.87. The smallest absolute Gasteiger partial charge is 0.387 e. The summed E-state index contributed by atoms with van der Waals surface area (Å²) in [4.78, 5) is 17.0. The molecule has 10 heteroatoms. The second-order valence-corrected chi connectivity index (χ2v) is 8.00. The molecule has 1 unspecified atom stereocenters. The zero-order chi connectivity index (χ0) is 22.1. The average molecular weight is 465 g/mol. The lowest BCUT2D eigenvalue weighted by atomic mass is 9.77. The minimum absolute atomic E-state index is 0.0314. The Morgan fingerprint density at radius 3 is 2.40 bits per heavy atom. The molecule has 0 radical (unpaired) electrons. The first kappa shape index (κ1) is 22.8. The van der Waals surface area contributed by atoms with E-state index in [1.165, 1.54) is 12.1 Å². The van der Waals surface area contributed by atoms with Gasteiger partial charge in [0.1, 0.15) is 17.4 Å². The van der Waals surface area contributed by atoms with E-state index < -0.39 is 46.0 Å². The summed E-state index contributed by atoms with van der Waals surface area (Å²) in [5.74, 6) is -0.923. The highest BCUT2D eigenvalue weighted by Crippen LogP contribution is 2.40. The van der Waals surface area contributed by atoms with Gasteiger partial charge in [-0.3, -0.25) is 4.79 Å². The van der Waals surface area contributed by atoms with Crippen molar-refractivity contribution in [3.8, 4) is 0 Å². The Morgan fingerprint density at radius 2 is 1.80 bits per heavy atom. The third-order valence-corrected chi connectivity index (χ3v) is 5.79. The molecule has 1 heterocycles. The molecule has 3 rings (SSSR count). The molecule has 2 N–H and O–H groups in total. The number of aromatic nitrogens is 1. The molecule has 1 aromatic carbocycles. The Labute approximate surface area is 180 Å². The molecule has 4 nitrogen and oxygen atoms in total. The van der Waals surface area contributed by atoms with E-state index >= 15 is 0 Å². The van der Waals surface area contributed by atoms with Crippen LogP contribution in [0, 0.1) is 0 Å². The standard InChI is InChI=1S/C20H18Cl2F4N2O2/c21-15-6-2-5-14(27-15)17(19(30)9-7-11(23)8-10-19)28-18(29)12-3-1-4-13(16(12)22)20(24,25)26/h1-6,11,17,30H,7-10H2,(H,28,29)/t11-,17?,19+. The summed E-state index contributed by atoms with van der Waals surface area (Å²) in [7, 11) is 0. The topological polar surface area (TPSA) is 62.2 Å². The minimum Gasteiger partial charge on any atom is -0.387 e. The van der Waals surface area contributed by atoms with Crippen LogP contribution in [0.25, 0.3) is 0 Å². The molecule has 1 aliphatic rings. The average Bonchev–Trinajstić information content (AvgIpc) is 2.67. The first-order valence-corrected chi connectivity index (χ1v) is 9.92. The highest BCUT2D eigenvalue weighted by molar-refractivity contribution is 6.34. The molecule has 1 aromatic heterocycles. The van der Waals surface area contributed by atoms with Gasteiger partial charge in [0.15, 0.2) is 0 Å². The molecular weight excluding hydrogens is 447 g/mol. The number of benzene rings is 1. The van der Waals surface area contributed by atoms with Gasteiger partial charge in [0.2, 0.25) is 0 Å². The third-order valence-electron chi connectivity index (χ3n) is 5.17. The fraction of sp³-hybridized carbons (Fsp3) is 0.400.